The molecule has 0 aliphatic carbocycles. The Morgan fingerprint density at radius 2 is 2.11 bits per heavy atom. The summed E-state index contributed by atoms with van der Waals surface area (Å²) in [6, 6.07) is 5.47. The molecule has 0 saturated carbocycles. The molecule has 2 aromatic rings. The number of aryl methyl sites for hydroxylation is 1. The lowest BCUT2D eigenvalue weighted by atomic mass is 10.1. The SMILES string of the molecule is CCC(C)c1nc2cccc(C)n2c1S(=O)(=O)Cl. The van der Waals surface area contributed by atoms with Crippen LogP contribution in [0, 0.1) is 6.92 Å². The highest BCUT2D eigenvalue weighted by molar-refractivity contribution is 8.13. The Morgan fingerprint density at radius 3 is 2.67 bits per heavy atom. The zero-order chi connectivity index (χ0) is 13.5. The first kappa shape index (κ1) is 13.4. The Balaban J connectivity index is 2.92. The van der Waals surface area contributed by atoms with Crippen molar-refractivity contribution in [3.63, 3.8) is 0 Å². The minimum Gasteiger partial charge on any atom is -0.286 e. The largest absolute Gasteiger partial charge is 0.286 e. The van der Waals surface area contributed by atoms with Gasteiger partial charge in [-0.1, -0.05) is 19.9 Å². The molecule has 18 heavy (non-hydrogen) atoms. The van der Waals surface area contributed by atoms with E-state index in [0.717, 1.165) is 12.1 Å². The molecule has 0 aliphatic rings. The molecule has 0 bridgehead atoms. The van der Waals surface area contributed by atoms with Crippen molar-refractivity contribution < 1.29 is 8.42 Å². The van der Waals surface area contributed by atoms with Crippen molar-refractivity contribution >= 4 is 25.4 Å². The third-order valence-corrected chi connectivity index (χ3v) is 4.42. The van der Waals surface area contributed by atoms with E-state index in [0.29, 0.717) is 11.3 Å². The van der Waals surface area contributed by atoms with E-state index >= 15 is 0 Å². The van der Waals surface area contributed by atoms with Crippen molar-refractivity contribution in [2.75, 3.05) is 0 Å². The van der Waals surface area contributed by atoms with Gasteiger partial charge in [-0.15, -0.1) is 0 Å². The van der Waals surface area contributed by atoms with Crippen LogP contribution in [0.4, 0.5) is 0 Å². The molecule has 0 N–H and O–H groups in total. The molecule has 2 heterocycles. The quantitative estimate of drug-likeness (QED) is 0.815. The van der Waals surface area contributed by atoms with Crippen molar-refractivity contribution in [1.29, 1.82) is 0 Å². The first-order valence-corrected chi connectivity index (χ1v) is 8.09. The van der Waals surface area contributed by atoms with Gasteiger partial charge in [0.25, 0.3) is 9.05 Å². The molecule has 1 atom stereocenters. The third kappa shape index (κ3) is 2.12. The summed E-state index contributed by atoms with van der Waals surface area (Å²) in [5.41, 5.74) is 1.96. The second-order valence-electron chi connectivity index (χ2n) is 4.41. The van der Waals surface area contributed by atoms with E-state index in [2.05, 4.69) is 4.98 Å². The van der Waals surface area contributed by atoms with Gasteiger partial charge in [-0.05, 0) is 25.5 Å². The number of aromatic nitrogens is 2. The molecular formula is C12H15ClN2O2S. The molecule has 6 heteroatoms. The number of fused-ring (bicyclic) bond motifs is 1. The second kappa shape index (κ2) is 4.55. The summed E-state index contributed by atoms with van der Waals surface area (Å²) >= 11 is 0. The van der Waals surface area contributed by atoms with Gasteiger partial charge in [0.2, 0.25) is 0 Å². The Kier molecular flexibility index (Phi) is 3.38. The van der Waals surface area contributed by atoms with Gasteiger partial charge in [-0.3, -0.25) is 4.40 Å². The summed E-state index contributed by atoms with van der Waals surface area (Å²) in [4.78, 5) is 4.41. The van der Waals surface area contributed by atoms with E-state index in [-0.39, 0.29) is 10.9 Å². The predicted octanol–water partition coefficient (Wildman–Crippen LogP) is 3.08. The maximum Gasteiger partial charge on any atom is 0.279 e. The summed E-state index contributed by atoms with van der Waals surface area (Å²) in [6.07, 6.45) is 0.808. The maximum absolute atomic E-state index is 11.8. The van der Waals surface area contributed by atoms with Crippen LogP contribution in [0.2, 0.25) is 0 Å². The lowest BCUT2D eigenvalue weighted by Crippen LogP contribution is -2.05. The van der Waals surface area contributed by atoms with Crippen LogP contribution in [0.5, 0.6) is 0 Å². The van der Waals surface area contributed by atoms with Crippen LogP contribution in [0.15, 0.2) is 23.2 Å². The summed E-state index contributed by atoms with van der Waals surface area (Å²) in [6.45, 7) is 5.77. The Bertz CT molecular complexity index is 691. The summed E-state index contributed by atoms with van der Waals surface area (Å²) in [5.74, 6) is 0.0489. The number of imidazole rings is 1. The summed E-state index contributed by atoms with van der Waals surface area (Å²) < 4.78 is 25.2. The van der Waals surface area contributed by atoms with E-state index < -0.39 is 9.05 Å². The number of rotatable bonds is 3. The summed E-state index contributed by atoms with van der Waals surface area (Å²) in [7, 11) is 1.75. The molecule has 0 amide bonds. The first-order valence-electron chi connectivity index (χ1n) is 5.79. The number of pyridine rings is 1. The second-order valence-corrected chi connectivity index (χ2v) is 6.89. The van der Waals surface area contributed by atoms with Crippen LogP contribution >= 0.6 is 10.7 Å². The molecule has 0 spiro atoms. The number of hydrogen-bond acceptors (Lipinski definition) is 3. The van der Waals surface area contributed by atoms with Crippen LogP contribution in [0.1, 0.15) is 37.6 Å². The minimum atomic E-state index is -3.82. The summed E-state index contributed by atoms with van der Waals surface area (Å²) in [5, 5.41) is 0.103. The number of nitrogens with zero attached hydrogens (tertiary/aromatic N) is 2. The lowest BCUT2D eigenvalue weighted by molar-refractivity contribution is 0.598. The van der Waals surface area contributed by atoms with E-state index in [1.54, 1.807) is 10.5 Å². The van der Waals surface area contributed by atoms with Gasteiger partial charge in [0, 0.05) is 22.3 Å². The van der Waals surface area contributed by atoms with E-state index in [1.807, 2.05) is 32.9 Å². The predicted molar refractivity (Wildman–Crippen MR) is 71.7 cm³/mol. The van der Waals surface area contributed by atoms with Crippen molar-refractivity contribution in [2.45, 2.75) is 38.1 Å². The van der Waals surface area contributed by atoms with Crippen molar-refractivity contribution in [3.8, 4) is 0 Å². The van der Waals surface area contributed by atoms with Crippen LogP contribution < -0.4 is 0 Å². The molecule has 0 saturated heterocycles. The van der Waals surface area contributed by atoms with Crippen molar-refractivity contribution in [2.24, 2.45) is 0 Å². The van der Waals surface area contributed by atoms with Gasteiger partial charge in [0.15, 0.2) is 5.03 Å². The third-order valence-electron chi connectivity index (χ3n) is 3.13. The Morgan fingerprint density at radius 1 is 1.44 bits per heavy atom. The lowest BCUT2D eigenvalue weighted by Gasteiger charge is -2.07. The zero-order valence-corrected chi connectivity index (χ0v) is 12.1. The van der Waals surface area contributed by atoms with E-state index in [1.165, 1.54) is 0 Å². The fourth-order valence-corrected chi connectivity index (χ4v) is 3.39. The van der Waals surface area contributed by atoms with Gasteiger partial charge in [0.1, 0.15) is 5.65 Å². The number of hydrogen-bond donors (Lipinski definition) is 0. The molecule has 2 aromatic heterocycles. The number of halogens is 1. The van der Waals surface area contributed by atoms with Crippen LogP contribution in [-0.2, 0) is 9.05 Å². The van der Waals surface area contributed by atoms with E-state index in [9.17, 15) is 8.42 Å². The molecule has 4 nitrogen and oxygen atoms in total. The van der Waals surface area contributed by atoms with Crippen LogP contribution in [0.25, 0.3) is 5.65 Å². The van der Waals surface area contributed by atoms with Gasteiger partial charge in [-0.2, -0.15) is 0 Å². The normalized spacial score (nSPS) is 14.0. The highest BCUT2D eigenvalue weighted by Gasteiger charge is 2.26. The van der Waals surface area contributed by atoms with Crippen molar-refractivity contribution in [1.82, 2.24) is 9.38 Å². The van der Waals surface area contributed by atoms with Crippen LogP contribution in [-0.4, -0.2) is 17.8 Å². The first-order chi connectivity index (χ1) is 8.36. The maximum atomic E-state index is 11.8. The monoisotopic (exact) mass is 286 g/mol. The minimum absolute atomic E-state index is 0.0489. The van der Waals surface area contributed by atoms with E-state index in [4.69, 9.17) is 10.7 Å². The fraction of sp³-hybridized carbons (Fsp3) is 0.417. The molecule has 0 radical (unpaired) electrons. The smallest absolute Gasteiger partial charge is 0.279 e. The molecule has 0 aliphatic heterocycles. The van der Waals surface area contributed by atoms with Gasteiger partial charge in [-0.25, -0.2) is 13.4 Å². The average Bonchev–Trinajstić information content (AvgIpc) is 2.68. The Hall–Kier alpha value is -1.07. The molecule has 98 valence electrons. The zero-order valence-electron chi connectivity index (χ0n) is 10.5. The average molecular weight is 287 g/mol. The molecule has 0 aromatic carbocycles. The molecular weight excluding hydrogens is 272 g/mol. The van der Waals surface area contributed by atoms with Crippen molar-refractivity contribution in [3.05, 3.63) is 29.6 Å². The topological polar surface area (TPSA) is 51.4 Å². The van der Waals surface area contributed by atoms with Gasteiger partial charge < -0.3 is 0 Å². The van der Waals surface area contributed by atoms with Crippen LogP contribution in [0.3, 0.4) is 0 Å². The standard InChI is InChI=1S/C12H15ClN2O2S/c1-4-8(2)11-12(18(13,16)17)15-9(3)6-5-7-10(15)14-11/h5-8H,4H2,1-3H3. The molecule has 1 unspecified atom stereocenters. The van der Waals surface area contributed by atoms with Gasteiger partial charge in [0.05, 0.1) is 5.69 Å². The van der Waals surface area contributed by atoms with Gasteiger partial charge >= 0.3 is 0 Å². The highest BCUT2D eigenvalue weighted by Crippen LogP contribution is 2.30. The molecule has 2 rings (SSSR count). The fourth-order valence-electron chi connectivity index (χ4n) is 1.99. The molecule has 0 fully saturated rings. The Labute approximate surface area is 111 Å². The highest BCUT2D eigenvalue weighted by atomic mass is 35.7.